The molecule has 0 radical (unpaired) electrons. The molecule has 0 bridgehead atoms. The standard InChI is InChI=1S/C17H10ClF3N2O3S/c18-11-6-8-13(9-7-11)27(25,26)16-14(17(19,20)21)10-15(24)23(22-16)12-4-2-1-3-5-12/h1-10H. The van der Waals surface area contributed by atoms with E-state index < -0.39 is 37.1 Å². The van der Waals surface area contributed by atoms with E-state index in [2.05, 4.69) is 5.10 Å². The number of aromatic nitrogens is 2. The fraction of sp³-hybridized carbons (Fsp3) is 0.0588. The number of nitrogens with zero attached hydrogens (tertiary/aromatic N) is 2. The van der Waals surface area contributed by atoms with Gasteiger partial charge in [0.05, 0.1) is 10.6 Å². The molecule has 0 atom stereocenters. The Hall–Kier alpha value is -2.65. The highest BCUT2D eigenvalue weighted by Crippen LogP contribution is 2.34. The largest absolute Gasteiger partial charge is 0.419 e. The van der Waals surface area contributed by atoms with Gasteiger partial charge < -0.3 is 0 Å². The van der Waals surface area contributed by atoms with Crippen LogP contribution in [0.15, 0.2) is 75.4 Å². The minimum absolute atomic E-state index is 0.129. The van der Waals surface area contributed by atoms with E-state index in [1.165, 1.54) is 36.4 Å². The van der Waals surface area contributed by atoms with Crippen LogP contribution in [0.25, 0.3) is 5.69 Å². The van der Waals surface area contributed by atoms with Gasteiger partial charge in [0.2, 0.25) is 9.84 Å². The van der Waals surface area contributed by atoms with Gasteiger partial charge in [0.1, 0.15) is 5.56 Å². The SMILES string of the molecule is O=c1cc(C(F)(F)F)c(S(=O)(=O)c2ccc(Cl)cc2)nn1-c1ccccc1. The van der Waals surface area contributed by atoms with E-state index in [9.17, 15) is 26.4 Å². The fourth-order valence-electron chi connectivity index (χ4n) is 2.32. The van der Waals surface area contributed by atoms with Gasteiger partial charge in [0.25, 0.3) is 5.56 Å². The van der Waals surface area contributed by atoms with Crippen LogP contribution in [0, 0.1) is 0 Å². The summed E-state index contributed by atoms with van der Waals surface area (Å²) in [6.07, 6.45) is -5.09. The molecule has 3 rings (SSSR count). The first kappa shape index (κ1) is 19.1. The Morgan fingerprint density at radius 2 is 1.56 bits per heavy atom. The molecule has 0 aliphatic carbocycles. The van der Waals surface area contributed by atoms with Crippen molar-refractivity contribution < 1.29 is 21.6 Å². The van der Waals surface area contributed by atoms with Crippen LogP contribution in [0.4, 0.5) is 13.2 Å². The van der Waals surface area contributed by atoms with Gasteiger partial charge in [-0.05, 0) is 36.4 Å². The summed E-state index contributed by atoms with van der Waals surface area (Å²) in [7, 11) is -4.67. The third-order valence-electron chi connectivity index (χ3n) is 3.58. The van der Waals surface area contributed by atoms with Crippen molar-refractivity contribution in [3.63, 3.8) is 0 Å². The molecule has 0 amide bonds. The Morgan fingerprint density at radius 1 is 0.963 bits per heavy atom. The highest BCUT2D eigenvalue weighted by atomic mass is 35.5. The summed E-state index contributed by atoms with van der Waals surface area (Å²) in [5, 5.41) is 2.49. The summed E-state index contributed by atoms with van der Waals surface area (Å²) < 4.78 is 66.4. The lowest BCUT2D eigenvalue weighted by Crippen LogP contribution is -2.28. The summed E-state index contributed by atoms with van der Waals surface area (Å²) in [6, 6.07) is 12.4. The van der Waals surface area contributed by atoms with Crippen molar-refractivity contribution in [3.05, 3.63) is 81.6 Å². The maximum atomic E-state index is 13.4. The Kier molecular flexibility index (Phi) is 4.83. The van der Waals surface area contributed by atoms with Gasteiger partial charge in [-0.2, -0.15) is 23.0 Å². The predicted molar refractivity (Wildman–Crippen MR) is 91.7 cm³/mol. The molecule has 2 aromatic carbocycles. The molecule has 0 aliphatic heterocycles. The smallest absolute Gasteiger partial charge is 0.267 e. The fourth-order valence-corrected chi connectivity index (χ4v) is 3.82. The van der Waals surface area contributed by atoms with Gasteiger partial charge in [0, 0.05) is 11.1 Å². The van der Waals surface area contributed by atoms with Crippen molar-refractivity contribution in [2.24, 2.45) is 0 Å². The topological polar surface area (TPSA) is 69.0 Å². The van der Waals surface area contributed by atoms with Crippen LogP contribution in [-0.2, 0) is 16.0 Å². The average Bonchev–Trinajstić information content (AvgIpc) is 2.61. The zero-order valence-corrected chi connectivity index (χ0v) is 14.9. The van der Waals surface area contributed by atoms with E-state index in [1.54, 1.807) is 6.07 Å². The van der Waals surface area contributed by atoms with Crippen molar-refractivity contribution in [3.8, 4) is 5.69 Å². The van der Waals surface area contributed by atoms with E-state index in [4.69, 9.17) is 11.6 Å². The van der Waals surface area contributed by atoms with Crippen molar-refractivity contribution >= 4 is 21.4 Å². The Morgan fingerprint density at radius 3 is 2.11 bits per heavy atom. The number of alkyl halides is 3. The van der Waals surface area contributed by atoms with Crippen LogP contribution >= 0.6 is 11.6 Å². The number of sulfone groups is 1. The van der Waals surface area contributed by atoms with Crippen molar-refractivity contribution in [1.29, 1.82) is 0 Å². The first-order chi connectivity index (χ1) is 12.6. The third-order valence-corrected chi connectivity index (χ3v) is 5.54. The molecular formula is C17H10ClF3N2O3S. The molecule has 10 heteroatoms. The molecule has 5 nitrogen and oxygen atoms in total. The summed E-state index contributed by atoms with van der Waals surface area (Å²) in [5.74, 6) is 0. The molecule has 0 saturated heterocycles. The van der Waals surface area contributed by atoms with Gasteiger partial charge in [-0.15, -0.1) is 0 Å². The first-order valence-corrected chi connectivity index (χ1v) is 9.24. The van der Waals surface area contributed by atoms with Gasteiger partial charge in [0.15, 0.2) is 5.03 Å². The number of halogens is 4. The zero-order chi connectivity index (χ0) is 19.8. The second-order valence-corrected chi connectivity index (χ2v) is 7.71. The van der Waals surface area contributed by atoms with Crippen molar-refractivity contribution in [2.45, 2.75) is 16.1 Å². The lowest BCUT2D eigenvalue weighted by atomic mass is 10.3. The van der Waals surface area contributed by atoms with E-state index in [1.807, 2.05) is 0 Å². The molecule has 0 unspecified atom stereocenters. The van der Waals surface area contributed by atoms with Gasteiger partial charge in [-0.3, -0.25) is 4.79 Å². The normalized spacial score (nSPS) is 12.1. The molecule has 0 spiro atoms. The predicted octanol–water partition coefficient (Wildman–Crippen LogP) is 3.74. The maximum Gasteiger partial charge on any atom is 0.419 e. The summed E-state index contributed by atoms with van der Waals surface area (Å²) in [5.41, 5.74) is -2.61. The maximum absolute atomic E-state index is 13.4. The zero-order valence-electron chi connectivity index (χ0n) is 13.3. The van der Waals surface area contributed by atoms with Crippen LogP contribution in [0.3, 0.4) is 0 Å². The van der Waals surface area contributed by atoms with Crippen molar-refractivity contribution in [1.82, 2.24) is 9.78 Å². The molecule has 1 heterocycles. The third kappa shape index (κ3) is 3.74. The highest BCUT2D eigenvalue weighted by molar-refractivity contribution is 7.91. The second-order valence-electron chi connectivity index (χ2n) is 5.40. The van der Waals surface area contributed by atoms with Crippen LogP contribution in [-0.4, -0.2) is 18.2 Å². The molecule has 3 aromatic rings. The highest BCUT2D eigenvalue weighted by Gasteiger charge is 2.40. The minimum atomic E-state index is -5.09. The van der Waals surface area contributed by atoms with E-state index in [0.717, 1.165) is 12.1 Å². The van der Waals surface area contributed by atoms with Crippen LogP contribution in [0.1, 0.15) is 5.56 Å². The number of benzene rings is 2. The van der Waals surface area contributed by atoms with Crippen LogP contribution in [0.2, 0.25) is 5.02 Å². The molecule has 0 fully saturated rings. The molecule has 0 saturated carbocycles. The van der Waals surface area contributed by atoms with Crippen LogP contribution < -0.4 is 5.56 Å². The molecule has 0 aliphatic rings. The monoisotopic (exact) mass is 414 g/mol. The Labute approximate surface area is 156 Å². The van der Waals surface area contributed by atoms with E-state index >= 15 is 0 Å². The molecular weight excluding hydrogens is 405 g/mol. The number of hydrogen-bond acceptors (Lipinski definition) is 4. The van der Waals surface area contributed by atoms with E-state index in [0.29, 0.717) is 4.68 Å². The number of rotatable bonds is 3. The lowest BCUT2D eigenvalue weighted by Gasteiger charge is -2.14. The molecule has 140 valence electrons. The van der Waals surface area contributed by atoms with Gasteiger partial charge >= 0.3 is 6.18 Å². The average molecular weight is 415 g/mol. The summed E-state index contributed by atoms with van der Waals surface area (Å²) in [4.78, 5) is 11.7. The van der Waals surface area contributed by atoms with Gasteiger partial charge in [-0.1, -0.05) is 29.8 Å². The quantitative estimate of drug-likeness (QED) is 0.654. The van der Waals surface area contributed by atoms with Gasteiger partial charge in [-0.25, -0.2) is 8.42 Å². The molecule has 0 N–H and O–H groups in total. The van der Waals surface area contributed by atoms with Crippen molar-refractivity contribution in [2.75, 3.05) is 0 Å². The van der Waals surface area contributed by atoms with E-state index in [-0.39, 0.29) is 16.8 Å². The summed E-state index contributed by atoms with van der Waals surface area (Å²) in [6.45, 7) is 0. The Bertz CT molecular complexity index is 1140. The van der Waals surface area contributed by atoms with Crippen LogP contribution in [0.5, 0.6) is 0 Å². The first-order valence-electron chi connectivity index (χ1n) is 7.38. The molecule has 27 heavy (non-hydrogen) atoms. The summed E-state index contributed by atoms with van der Waals surface area (Å²) >= 11 is 5.70. The Balaban J connectivity index is 2.32. The molecule has 1 aromatic heterocycles. The number of para-hydroxylation sites is 1. The second kappa shape index (κ2) is 6.82. The number of hydrogen-bond donors (Lipinski definition) is 0. The minimum Gasteiger partial charge on any atom is -0.267 e. The lowest BCUT2D eigenvalue weighted by molar-refractivity contribution is -0.140.